The van der Waals surface area contributed by atoms with E-state index in [9.17, 15) is 0 Å². The van der Waals surface area contributed by atoms with Gasteiger partial charge < -0.3 is 14.8 Å². The van der Waals surface area contributed by atoms with Gasteiger partial charge >= 0.3 is 0 Å². The number of pyridine rings is 1. The summed E-state index contributed by atoms with van der Waals surface area (Å²) in [6.45, 7) is 9.31. The lowest BCUT2D eigenvalue weighted by Gasteiger charge is -2.28. The molecule has 1 aliphatic rings. The fourth-order valence-electron chi connectivity index (χ4n) is 5.11. The van der Waals surface area contributed by atoms with E-state index in [1.54, 1.807) is 0 Å². The molecule has 0 unspecified atom stereocenters. The van der Waals surface area contributed by atoms with Crippen LogP contribution in [0, 0.1) is 0 Å². The van der Waals surface area contributed by atoms with E-state index >= 15 is 0 Å². The van der Waals surface area contributed by atoms with E-state index in [0.717, 1.165) is 77.2 Å². The van der Waals surface area contributed by atoms with Gasteiger partial charge in [-0.25, -0.2) is 4.98 Å². The Balaban J connectivity index is 1.48. The maximum absolute atomic E-state index is 5.04. The van der Waals surface area contributed by atoms with Crippen molar-refractivity contribution in [3.8, 4) is 11.5 Å². The number of piperidine rings is 1. The van der Waals surface area contributed by atoms with Gasteiger partial charge in [0.1, 0.15) is 11.2 Å². The van der Waals surface area contributed by atoms with Crippen LogP contribution in [0.1, 0.15) is 44.7 Å². The van der Waals surface area contributed by atoms with Crippen LogP contribution in [0.3, 0.4) is 0 Å². The van der Waals surface area contributed by atoms with E-state index in [-0.39, 0.29) is 0 Å². The number of nitrogens with one attached hydrogen (secondary N) is 2. The summed E-state index contributed by atoms with van der Waals surface area (Å²) in [6, 6.07) is 8.50. The summed E-state index contributed by atoms with van der Waals surface area (Å²) >= 11 is 0. The second-order valence-corrected chi connectivity index (χ2v) is 10.1. The Hall–Kier alpha value is -3.71. The first-order valence-corrected chi connectivity index (χ1v) is 13.3. The van der Waals surface area contributed by atoms with Gasteiger partial charge in [-0.15, -0.1) is 0 Å². The minimum atomic E-state index is 0.774. The number of anilines is 1. The Morgan fingerprint density at radius 3 is 2.76 bits per heavy atom. The smallest absolute Gasteiger partial charge is 0.159 e. The van der Waals surface area contributed by atoms with Crippen LogP contribution >= 0.6 is 0 Å². The molecule has 37 heavy (non-hydrogen) atoms. The molecule has 1 saturated heterocycles. The Kier molecular flexibility index (Phi) is 7.51. The third kappa shape index (κ3) is 5.37. The second kappa shape index (κ2) is 11.1. The molecule has 0 radical (unpaired) electrons. The van der Waals surface area contributed by atoms with E-state index in [4.69, 9.17) is 9.97 Å². The number of H-pyrrole nitrogens is 2. The van der Waals surface area contributed by atoms with Crippen LogP contribution in [-0.4, -0.2) is 63.8 Å². The van der Waals surface area contributed by atoms with Crippen LogP contribution in [0.2, 0.25) is 0 Å². The van der Waals surface area contributed by atoms with Crippen molar-refractivity contribution in [3.63, 3.8) is 0 Å². The SMILES string of the molecule is C=C/C(=C\C(=C/C)c1cc2c(-c3nc4c(N5CCCCC5)cccc4[nH]3)n[nH]c2cn1)CCCN(C)C. The van der Waals surface area contributed by atoms with Crippen LogP contribution in [0.4, 0.5) is 5.69 Å². The summed E-state index contributed by atoms with van der Waals surface area (Å²) < 4.78 is 0. The summed E-state index contributed by atoms with van der Waals surface area (Å²) in [5.74, 6) is 0.774. The number of benzene rings is 1. The third-order valence-electron chi connectivity index (χ3n) is 7.14. The molecule has 0 saturated carbocycles. The van der Waals surface area contributed by atoms with Crippen LogP contribution < -0.4 is 4.90 Å². The maximum Gasteiger partial charge on any atom is 0.159 e. The molecule has 1 aliphatic heterocycles. The van der Waals surface area contributed by atoms with Crippen molar-refractivity contribution >= 4 is 33.2 Å². The van der Waals surface area contributed by atoms with E-state index in [1.807, 2.05) is 12.3 Å². The van der Waals surface area contributed by atoms with Crippen LogP contribution in [0.25, 0.3) is 39.0 Å². The summed E-state index contributed by atoms with van der Waals surface area (Å²) in [5.41, 5.74) is 8.16. The molecule has 0 spiro atoms. The lowest BCUT2D eigenvalue weighted by Crippen LogP contribution is -2.29. The number of hydrogen-bond acceptors (Lipinski definition) is 5. The number of para-hydroxylation sites is 1. The van der Waals surface area contributed by atoms with Gasteiger partial charge in [-0.05, 0) is 95.1 Å². The highest BCUT2D eigenvalue weighted by atomic mass is 15.2. The minimum Gasteiger partial charge on any atom is -0.370 e. The molecule has 1 fully saturated rings. The number of aromatic amines is 2. The van der Waals surface area contributed by atoms with E-state index < -0.39 is 0 Å². The highest BCUT2D eigenvalue weighted by Crippen LogP contribution is 2.32. The highest BCUT2D eigenvalue weighted by molar-refractivity contribution is 5.96. The zero-order chi connectivity index (χ0) is 25.8. The van der Waals surface area contributed by atoms with Gasteiger partial charge in [-0.2, -0.15) is 5.10 Å². The molecule has 7 heteroatoms. The lowest BCUT2D eigenvalue weighted by atomic mass is 10.0. The van der Waals surface area contributed by atoms with Crippen molar-refractivity contribution < 1.29 is 0 Å². The molecule has 4 heterocycles. The molecule has 1 aromatic carbocycles. The van der Waals surface area contributed by atoms with Crippen molar-refractivity contribution in [2.45, 2.75) is 39.0 Å². The van der Waals surface area contributed by atoms with Crippen LogP contribution in [0.15, 0.2) is 60.8 Å². The second-order valence-electron chi connectivity index (χ2n) is 10.1. The fourth-order valence-corrected chi connectivity index (χ4v) is 5.11. The van der Waals surface area contributed by atoms with Crippen LogP contribution in [-0.2, 0) is 0 Å². The first-order valence-electron chi connectivity index (χ1n) is 13.3. The molecule has 5 rings (SSSR count). The molecule has 2 N–H and O–H groups in total. The molecule has 4 aromatic rings. The molecule has 0 amide bonds. The van der Waals surface area contributed by atoms with Gasteiger partial charge in [0, 0.05) is 18.5 Å². The molecule has 0 bridgehead atoms. The van der Waals surface area contributed by atoms with Crippen molar-refractivity contribution in [2.75, 3.05) is 38.6 Å². The number of allylic oxidation sites excluding steroid dienone is 5. The number of aromatic nitrogens is 5. The van der Waals surface area contributed by atoms with E-state index in [2.05, 4.69) is 89.0 Å². The normalized spacial score (nSPS) is 15.3. The number of nitrogens with zero attached hydrogens (tertiary/aromatic N) is 5. The average Bonchev–Trinajstić information content (AvgIpc) is 3.54. The maximum atomic E-state index is 5.04. The Labute approximate surface area is 219 Å². The minimum absolute atomic E-state index is 0.774. The molecule has 7 nitrogen and oxygen atoms in total. The zero-order valence-corrected chi connectivity index (χ0v) is 22.2. The van der Waals surface area contributed by atoms with Gasteiger partial charge in [0.05, 0.1) is 28.6 Å². The van der Waals surface area contributed by atoms with Gasteiger partial charge in [-0.1, -0.05) is 24.8 Å². The Bertz CT molecular complexity index is 1450. The van der Waals surface area contributed by atoms with Gasteiger partial charge in [0.2, 0.25) is 0 Å². The topological polar surface area (TPSA) is 76.7 Å². The highest BCUT2D eigenvalue weighted by Gasteiger charge is 2.19. The van der Waals surface area contributed by atoms with Crippen LogP contribution in [0.5, 0.6) is 0 Å². The van der Waals surface area contributed by atoms with E-state index in [0.29, 0.717) is 0 Å². The number of fused-ring (bicyclic) bond motifs is 2. The summed E-state index contributed by atoms with van der Waals surface area (Å²) in [5, 5.41) is 8.78. The summed E-state index contributed by atoms with van der Waals surface area (Å²) in [6.07, 6.45) is 14.0. The van der Waals surface area contributed by atoms with Crippen molar-refractivity contribution in [3.05, 3.63) is 66.5 Å². The fraction of sp³-hybridized carbons (Fsp3) is 0.367. The van der Waals surface area contributed by atoms with Gasteiger partial charge in [0.25, 0.3) is 0 Å². The monoisotopic (exact) mass is 495 g/mol. The first kappa shape index (κ1) is 25.0. The van der Waals surface area contributed by atoms with Gasteiger partial charge in [-0.3, -0.25) is 10.1 Å². The standard InChI is InChI=1S/C30H37N7/c1-5-21(12-11-15-36(3)4)18-22(6-2)25-19-23-26(20-31-25)34-35-28(23)30-32-24-13-10-14-27(29(24)33-30)37-16-8-7-9-17-37/h5-6,10,13-14,18-20H,1,7-9,11-12,15-17H2,2-4H3,(H,32,33)(H,34,35)/b21-18+,22-6+. The molecular weight excluding hydrogens is 458 g/mol. The lowest BCUT2D eigenvalue weighted by molar-refractivity contribution is 0.400. The van der Waals surface area contributed by atoms with E-state index in [1.165, 1.54) is 30.5 Å². The largest absolute Gasteiger partial charge is 0.370 e. The molecule has 3 aromatic heterocycles. The molecular formula is C30H37N7. The van der Waals surface area contributed by atoms with Crippen molar-refractivity contribution in [1.29, 1.82) is 0 Å². The third-order valence-corrected chi connectivity index (χ3v) is 7.14. The molecule has 0 aliphatic carbocycles. The average molecular weight is 496 g/mol. The predicted molar refractivity (Wildman–Crippen MR) is 155 cm³/mol. The zero-order valence-electron chi connectivity index (χ0n) is 22.2. The summed E-state index contributed by atoms with van der Waals surface area (Å²) in [4.78, 5) is 18.0. The number of rotatable bonds is 9. The van der Waals surface area contributed by atoms with Crippen molar-refractivity contribution in [2.24, 2.45) is 0 Å². The number of hydrogen-bond donors (Lipinski definition) is 2. The molecule has 0 atom stereocenters. The first-order chi connectivity index (χ1) is 18.1. The van der Waals surface area contributed by atoms with Gasteiger partial charge in [0.15, 0.2) is 5.82 Å². The summed E-state index contributed by atoms with van der Waals surface area (Å²) in [7, 11) is 4.21. The predicted octanol–water partition coefficient (Wildman–Crippen LogP) is 6.35. The Morgan fingerprint density at radius 1 is 1.16 bits per heavy atom. The van der Waals surface area contributed by atoms with Crippen molar-refractivity contribution in [1.82, 2.24) is 30.0 Å². The number of imidazole rings is 1. The Morgan fingerprint density at radius 2 is 2.00 bits per heavy atom. The quantitative estimate of drug-likeness (QED) is 0.265. The molecule has 192 valence electrons.